The van der Waals surface area contributed by atoms with Crippen LogP contribution >= 0.6 is 23.2 Å². The van der Waals surface area contributed by atoms with Gasteiger partial charge in [0.05, 0.1) is 10.0 Å². The number of esters is 1. The van der Waals surface area contributed by atoms with Crippen molar-refractivity contribution in [1.82, 2.24) is 0 Å². The Balaban J connectivity index is 1.47. The summed E-state index contributed by atoms with van der Waals surface area (Å²) >= 11 is 11.7. The van der Waals surface area contributed by atoms with Gasteiger partial charge in [-0.1, -0.05) is 23.2 Å². The average Bonchev–Trinajstić information content (AvgIpc) is 3.14. The highest BCUT2D eigenvalue weighted by atomic mass is 35.5. The maximum absolute atomic E-state index is 12.1. The van der Waals surface area contributed by atoms with Gasteiger partial charge in [-0.05, 0) is 49.1 Å². The van der Waals surface area contributed by atoms with Crippen molar-refractivity contribution in [2.24, 2.45) is 0 Å². The summed E-state index contributed by atoms with van der Waals surface area (Å²) in [7, 11) is 0. The van der Waals surface area contributed by atoms with Crippen LogP contribution in [0.1, 0.15) is 17.5 Å². The van der Waals surface area contributed by atoms with Crippen LogP contribution in [0.25, 0.3) is 11.0 Å². The third-order valence-electron chi connectivity index (χ3n) is 4.42. The second-order valence-electron chi connectivity index (χ2n) is 6.20. The molecular weight excluding hydrogens is 391 g/mol. The first-order valence-electron chi connectivity index (χ1n) is 8.38. The highest BCUT2D eigenvalue weighted by Crippen LogP contribution is 2.30. The fourth-order valence-corrected chi connectivity index (χ4v) is 3.49. The third-order valence-corrected chi connectivity index (χ3v) is 5.16. The summed E-state index contributed by atoms with van der Waals surface area (Å²) < 4.78 is 16.0. The number of carbonyl (C=O) groups excluding carboxylic acids is 1. The molecule has 7 heteroatoms. The van der Waals surface area contributed by atoms with Gasteiger partial charge in [0, 0.05) is 23.1 Å². The fourth-order valence-electron chi connectivity index (χ4n) is 3.20. The smallest absolute Gasteiger partial charge is 0.349 e. The topological polar surface area (TPSA) is 65.7 Å². The third kappa shape index (κ3) is 3.66. The van der Waals surface area contributed by atoms with E-state index in [1.54, 1.807) is 12.1 Å². The number of fused-ring (bicyclic) bond motifs is 3. The summed E-state index contributed by atoms with van der Waals surface area (Å²) in [6.45, 7) is -0.305. The number of carbonyl (C=O) groups is 1. The molecule has 4 rings (SSSR count). The molecule has 5 nitrogen and oxygen atoms in total. The second kappa shape index (κ2) is 7.25. The number of hydrogen-bond donors (Lipinski definition) is 0. The maximum atomic E-state index is 12.1. The second-order valence-corrected chi connectivity index (χ2v) is 7.01. The first-order valence-corrected chi connectivity index (χ1v) is 9.14. The van der Waals surface area contributed by atoms with E-state index in [1.165, 1.54) is 18.2 Å². The standard InChI is InChI=1S/C20H14Cl2O5/c21-16-7-5-12(8-17(16)22)26-19(23)10-25-11-4-6-14-13-2-1-3-15(13)20(24)27-18(14)9-11/h4-9H,1-3,10H2. The molecule has 138 valence electrons. The summed E-state index contributed by atoms with van der Waals surface area (Å²) in [4.78, 5) is 24.0. The van der Waals surface area contributed by atoms with E-state index in [0.29, 0.717) is 21.4 Å². The van der Waals surface area contributed by atoms with Crippen LogP contribution in [-0.4, -0.2) is 12.6 Å². The Kier molecular flexibility index (Phi) is 4.81. The molecule has 0 N–H and O–H groups in total. The van der Waals surface area contributed by atoms with Crippen molar-refractivity contribution in [2.45, 2.75) is 19.3 Å². The van der Waals surface area contributed by atoms with Gasteiger partial charge in [0.25, 0.3) is 0 Å². The van der Waals surface area contributed by atoms with Crippen LogP contribution in [0.15, 0.2) is 45.6 Å². The van der Waals surface area contributed by atoms with Gasteiger partial charge in [-0.3, -0.25) is 0 Å². The molecule has 27 heavy (non-hydrogen) atoms. The zero-order valence-electron chi connectivity index (χ0n) is 14.1. The number of ether oxygens (including phenoxy) is 2. The number of rotatable bonds is 4. The van der Waals surface area contributed by atoms with E-state index in [1.807, 2.05) is 6.07 Å². The van der Waals surface area contributed by atoms with E-state index in [-0.39, 0.29) is 18.0 Å². The number of hydrogen-bond acceptors (Lipinski definition) is 5. The van der Waals surface area contributed by atoms with Gasteiger partial charge in [-0.25, -0.2) is 9.59 Å². The van der Waals surface area contributed by atoms with Crippen LogP contribution in [0.4, 0.5) is 0 Å². The minimum Gasteiger partial charge on any atom is -0.482 e. The molecule has 1 heterocycles. The largest absolute Gasteiger partial charge is 0.482 e. The summed E-state index contributed by atoms with van der Waals surface area (Å²) in [5, 5.41) is 1.57. The summed E-state index contributed by atoms with van der Waals surface area (Å²) in [5.41, 5.74) is 1.97. The molecule has 3 aromatic rings. The molecule has 0 saturated heterocycles. The molecular formula is C20H14Cl2O5. The van der Waals surface area contributed by atoms with Crippen molar-refractivity contribution in [3.05, 3.63) is 68.0 Å². The summed E-state index contributed by atoms with van der Waals surface area (Å²) in [6, 6.07) is 9.73. The van der Waals surface area contributed by atoms with Gasteiger partial charge in [-0.15, -0.1) is 0 Å². The van der Waals surface area contributed by atoms with Crippen LogP contribution in [0.5, 0.6) is 11.5 Å². The minimum absolute atomic E-state index is 0.276. The molecule has 0 saturated carbocycles. The van der Waals surface area contributed by atoms with Crippen molar-refractivity contribution in [3.8, 4) is 11.5 Å². The molecule has 0 radical (unpaired) electrons. The lowest BCUT2D eigenvalue weighted by atomic mass is 10.1. The quantitative estimate of drug-likeness (QED) is 0.361. The lowest BCUT2D eigenvalue weighted by Crippen LogP contribution is -2.17. The van der Waals surface area contributed by atoms with Crippen molar-refractivity contribution < 1.29 is 18.7 Å². The molecule has 1 aromatic heterocycles. The highest BCUT2D eigenvalue weighted by Gasteiger charge is 2.19. The summed E-state index contributed by atoms with van der Waals surface area (Å²) in [5.74, 6) is 0.0941. The lowest BCUT2D eigenvalue weighted by molar-refractivity contribution is -0.136. The van der Waals surface area contributed by atoms with Crippen LogP contribution in [0.2, 0.25) is 10.0 Å². The Hall–Kier alpha value is -2.50. The van der Waals surface area contributed by atoms with Crippen molar-refractivity contribution in [3.63, 3.8) is 0 Å². The predicted octanol–water partition coefficient (Wildman–Crippen LogP) is 4.57. The molecule has 0 atom stereocenters. The molecule has 1 aliphatic rings. The van der Waals surface area contributed by atoms with Crippen molar-refractivity contribution in [1.29, 1.82) is 0 Å². The Bertz CT molecular complexity index is 1100. The normalized spacial score (nSPS) is 12.8. The molecule has 2 aromatic carbocycles. The highest BCUT2D eigenvalue weighted by molar-refractivity contribution is 6.42. The van der Waals surface area contributed by atoms with Crippen LogP contribution < -0.4 is 15.1 Å². The monoisotopic (exact) mass is 404 g/mol. The molecule has 0 amide bonds. The van der Waals surface area contributed by atoms with Crippen molar-refractivity contribution >= 4 is 40.1 Å². The van der Waals surface area contributed by atoms with E-state index in [4.69, 9.17) is 37.1 Å². The van der Waals surface area contributed by atoms with Crippen LogP contribution in [0, 0.1) is 0 Å². The first-order chi connectivity index (χ1) is 13.0. The Morgan fingerprint density at radius 1 is 1.00 bits per heavy atom. The van der Waals surface area contributed by atoms with E-state index in [9.17, 15) is 9.59 Å². The van der Waals surface area contributed by atoms with E-state index in [0.717, 1.165) is 35.8 Å². The number of halogens is 2. The van der Waals surface area contributed by atoms with Crippen LogP contribution in [0.3, 0.4) is 0 Å². The predicted molar refractivity (Wildman–Crippen MR) is 102 cm³/mol. The molecule has 0 bridgehead atoms. The van der Waals surface area contributed by atoms with Gasteiger partial charge in [0.1, 0.15) is 17.1 Å². The van der Waals surface area contributed by atoms with E-state index in [2.05, 4.69) is 0 Å². The maximum Gasteiger partial charge on any atom is 0.349 e. The number of aryl methyl sites for hydroxylation is 1. The zero-order chi connectivity index (χ0) is 19.0. The Morgan fingerprint density at radius 2 is 1.78 bits per heavy atom. The Morgan fingerprint density at radius 3 is 2.59 bits per heavy atom. The van der Waals surface area contributed by atoms with Crippen LogP contribution in [-0.2, 0) is 17.6 Å². The fraction of sp³-hybridized carbons (Fsp3) is 0.200. The molecule has 0 fully saturated rings. The van der Waals surface area contributed by atoms with E-state index < -0.39 is 5.97 Å². The van der Waals surface area contributed by atoms with E-state index >= 15 is 0 Å². The molecule has 1 aliphatic carbocycles. The average molecular weight is 405 g/mol. The number of benzene rings is 2. The zero-order valence-corrected chi connectivity index (χ0v) is 15.6. The van der Waals surface area contributed by atoms with Gasteiger partial charge in [0.2, 0.25) is 0 Å². The van der Waals surface area contributed by atoms with Gasteiger partial charge in [-0.2, -0.15) is 0 Å². The molecule has 0 unspecified atom stereocenters. The van der Waals surface area contributed by atoms with Gasteiger partial charge < -0.3 is 13.9 Å². The lowest BCUT2D eigenvalue weighted by Gasteiger charge is -2.09. The Labute approximate surface area is 164 Å². The molecule has 0 spiro atoms. The van der Waals surface area contributed by atoms with Gasteiger partial charge >= 0.3 is 11.6 Å². The summed E-state index contributed by atoms with van der Waals surface area (Å²) in [6.07, 6.45) is 2.58. The molecule has 0 aliphatic heterocycles. The van der Waals surface area contributed by atoms with Gasteiger partial charge in [0.15, 0.2) is 6.61 Å². The SMILES string of the molecule is O=C(COc1ccc2c3c(c(=O)oc2c1)CCC3)Oc1ccc(Cl)c(Cl)c1. The first kappa shape index (κ1) is 17.9. The van der Waals surface area contributed by atoms with Crippen molar-refractivity contribution in [2.75, 3.05) is 6.61 Å². The minimum atomic E-state index is -0.594.